The van der Waals surface area contributed by atoms with E-state index in [4.69, 9.17) is 0 Å². The Morgan fingerprint density at radius 1 is 0.212 bits per heavy atom. The maximum Gasteiger partial charge on any atom is 0.0540 e. The fourth-order valence-electron chi connectivity index (χ4n) is 10.6. The number of hydrogen-bond donors (Lipinski definition) is 4. The summed E-state index contributed by atoms with van der Waals surface area (Å²) < 4.78 is 0. The van der Waals surface area contributed by atoms with Crippen LogP contribution in [-0.4, -0.2) is 96.0 Å². The fraction of sp³-hybridized carbons (Fsp3) is 0.944. The molecule has 0 aliphatic heterocycles. The van der Waals surface area contributed by atoms with E-state index >= 15 is 0 Å². The topological polar surface area (TPSA) is 241 Å². The van der Waals surface area contributed by atoms with Crippen LogP contribution in [0, 0.1) is 0 Å². The molecule has 0 fully saturated rings. The predicted octanol–water partition coefficient (Wildman–Crippen LogP) is 15.5. The van der Waals surface area contributed by atoms with Gasteiger partial charge in [-0.25, -0.2) is 0 Å². The molecule has 0 bridgehead atoms. The van der Waals surface area contributed by atoms with Crippen molar-refractivity contribution >= 4 is 51.2 Å². The summed E-state index contributed by atoms with van der Waals surface area (Å²) >= 11 is 0. The molecule has 12 nitrogen and oxygen atoms in total. The second-order valence-electron chi connectivity index (χ2n) is 25.0. The first kappa shape index (κ1) is 92.4. The molecule has 85 heavy (non-hydrogen) atoms. The summed E-state index contributed by atoms with van der Waals surface area (Å²) in [6.07, 6.45) is 63.5. The van der Waals surface area contributed by atoms with Crippen LogP contribution in [0.3, 0.4) is 0 Å². The number of carbonyl (C=O) groups excluding carboxylic acids is 4. The maximum atomic E-state index is 10.2. The van der Waals surface area contributed by atoms with E-state index in [9.17, 15) is 60.0 Å². The van der Waals surface area contributed by atoms with Crippen molar-refractivity contribution in [2.24, 2.45) is 0 Å². The first-order chi connectivity index (χ1) is 40.7. The van der Waals surface area contributed by atoms with Gasteiger partial charge in [0.2, 0.25) is 0 Å². The van der Waals surface area contributed by atoms with Gasteiger partial charge in [0.25, 0.3) is 0 Å². The summed E-state index contributed by atoms with van der Waals surface area (Å²) in [5.41, 5.74) is 0. The zero-order valence-electron chi connectivity index (χ0n) is 56.3. The SMILES string of the molecule is CCCCCCCCCC(O)CCCCCCCC(=O)[O-].CCCCCCCCCC(O)CCCCCCCC(=O)[O-].CCCCCCCCCC(O)CCCCCCCC(=O)[O-].CCCCCCCCCC(O)CCCCCCCC(=O)[O-].[Pb]. The van der Waals surface area contributed by atoms with Crippen molar-refractivity contribution in [1.29, 1.82) is 0 Å². The quantitative estimate of drug-likeness (QED) is 0.0328. The van der Waals surface area contributed by atoms with Crippen LogP contribution < -0.4 is 20.4 Å². The van der Waals surface area contributed by atoms with Crippen molar-refractivity contribution in [3.05, 3.63) is 0 Å². The molecule has 0 saturated carbocycles. The van der Waals surface area contributed by atoms with Gasteiger partial charge in [-0.05, 0) is 103 Å². The van der Waals surface area contributed by atoms with Crippen molar-refractivity contribution < 1.29 is 60.0 Å². The van der Waals surface area contributed by atoms with E-state index in [1.807, 2.05) is 0 Å². The van der Waals surface area contributed by atoms with Crippen LogP contribution in [0.2, 0.25) is 0 Å². The number of unbranched alkanes of at least 4 members (excludes halogenated alkanes) is 40. The van der Waals surface area contributed by atoms with Gasteiger partial charge < -0.3 is 60.0 Å². The van der Waals surface area contributed by atoms with Crippen molar-refractivity contribution in [2.75, 3.05) is 0 Å². The van der Waals surface area contributed by atoms with E-state index in [2.05, 4.69) is 27.7 Å². The minimum absolute atomic E-state index is 0. The van der Waals surface area contributed by atoms with Gasteiger partial charge in [-0.2, -0.15) is 0 Å². The first-order valence-corrected chi connectivity index (χ1v) is 36.2. The second kappa shape index (κ2) is 80.7. The standard InChI is InChI=1S/4C18H36O3.Pb/c4*1-2-3-4-5-6-8-11-14-17(19)15-12-9-7-10-13-16-18(20)21;/h4*17,19H,2-16H2,1H3,(H,20,21);/p-4. The van der Waals surface area contributed by atoms with Crippen LogP contribution in [0.1, 0.15) is 413 Å². The van der Waals surface area contributed by atoms with E-state index in [-0.39, 0.29) is 77.4 Å². The number of carboxylic acids is 4. The average molecular weight is 1410 g/mol. The second-order valence-corrected chi connectivity index (χ2v) is 25.0. The molecule has 0 rings (SSSR count). The molecule has 508 valence electrons. The van der Waals surface area contributed by atoms with Gasteiger partial charge in [-0.15, -0.1) is 0 Å². The monoisotopic (exact) mass is 1410 g/mol. The summed E-state index contributed by atoms with van der Waals surface area (Å²) in [6, 6.07) is 0. The van der Waals surface area contributed by atoms with Crippen molar-refractivity contribution in [3.8, 4) is 0 Å². The Morgan fingerprint density at radius 2 is 0.318 bits per heavy atom. The third-order valence-corrected chi connectivity index (χ3v) is 16.2. The molecule has 4 unspecified atom stereocenters. The van der Waals surface area contributed by atoms with Gasteiger partial charge in [0.15, 0.2) is 0 Å². The van der Waals surface area contributed by atoms with Crippen molar-refractivity contribution in [2.45, 2.75) is 437 Å². The van der Waals surface area contributed by atoms with Crippen LogP contribution in [0.15, 0.2) is 0 Å². The minimum atomic E-state index is -0.944. The molecular weight excluding hydrogens is 1260 g/mol. The number of carboxylic acid groups (broad SMARTS) is 4. The van der Waals surface area contributed by atoms with E-state index in [1.54, 1.807) is 0 Å². The van der Waals surface area contributed by atoms with E-state index < -0.39 is 23.9 Å². The molecule has 4 atom stereocenters. The zero-order chi connectivity index (χ0) is 63.0. The van der Waals surface area contributed by atoms with Gasteiger partial charge in [0.05, 0.1) is 24.4 Å². The molecule has 0 amide bonds. The number of rotatable bonds is 64. The molecule has 0 aliphatic rings. The van der Waals surface area contributed by atoms with Gasteiger partial charge in [-0.3, -0.25) is 0 Å². The molecule has 0 aromatic rings. The molecular formula is C72H140O12Pb-4. The minimum Gasteiger partial charge on any atom is -0.550 e. The molecule has 13 heteroatoms. The van der Waals surface area contributed by atoms with Gasteiger partial charge in [0.1, 0.15) is 0 Å². The molecule has 0 saturated heterocycles. The van der Waals surface area contributed by atoms with E-state index in [0.29, 0.717) is 0 Å². The third-order valence-electron chi connectivity index (χ3n) is 16.2. The summed E-state index contributed by atoms with van der Waals surface area (Å²) in [7, 11) is 0. The number of aliphatic carboxylic acids is 4. The normalized spacial score (nSPS) is 12.3. The smallest absolute Gasteiger partial charge is 0.0540 e. The van der Waals surface area contributed by atoms with Crippen LogP contribution in [0.25, 0.3) is 0 Å². The average Bonchev–Trinajstić information content (AvgIpc) is 3.45. The predicted molar refractivity (Wildman–Crippen MR) is 350 cm³/mol. The Kier molecular flexibility index (Phi) is 87.6. The molecule has 0 aromatic carbocycles. The number of carbonyl (C=O) groups is 4. The van der Waals surface area contributed by atoms with Crippen LogP contribution in [0.5, 0.6) is 0 Å². The van der Waals surface area contributed by atoms with Gasteiger partial charge in [-0.1, -0.05) is 310 Å². The number of aliphatic hydroxyl groups excluding tert-OH is 4. The van der Waals surface area contributed by atoms with E-state index in [0.717, 1.165) is 205 Å². The largest absolute Gasteiger partial charge is 0.550 e. The Hall–Kier alpha value is -1.36. The van der Waals surface area contributed by atoms with Crippen LogP contribution in [0.4, 0.5) is 0 Å². The Balaban J connectivity index is -0.000000333. The molecule has 0 aromatic heterocycles. The summed E-state index contributed by atoms with van der Waals surface area (Å²) in [5.74, 6) is -3.78. The number of aliphatic hydroxyl groups is 4. The van der Waals surface area contributed by atoms with Gasteiger partial charge >= 0.3 is 0 Å². The first-order valence-electron chi connectivity index (χ1n) is 36.2. The van der Waals surface area contributed by atoms with Crippen molar-refractivity contribution in [1.82, 2.24) is 0 Å². The summed E-state index contributed by atoms with van der Waals surface area (Å²) in [5, 5.41) is 80.4. The van der Waals surface area contributed by atoms with Crippen LogP contribution >= 0.6 is 0 Å². The molecule has 4 N–H and O–H groups in total. The molecule has 4 radical (unpaired) electrons. The van der Waals surface area contributed by atoms with Crippen molar-refractivity contribution in [3.63, 3.8) is 0 Å². The molecule has 0 heterocycles. The number of hydrogen-bond acceptors (Lipinski definition) is 12. The Labute approximate surface area is 545 Å². The Morgan fingerprint density at radius 3 is 0.435 bits per heavy atom. The summed E-state index contributed by atoms with van der Waals surface area (Å²) in [4.78, 5) is 40.9. The maximum absolute atomic E-state index is 10.2. The van der Waals surface area contributed by atoms with Crippen LogP contribution in [-0.2, 0) is 19.2 Å². The zero-order valence-corrected chi connectivity index (χ0v) is 60.2. The molecule has 0 aliphatic carbocycles. The van der Waals surface area contributed by atoms with E-state index in [1.165, 1.54) is 154 Å². The summed E-state index contributed by atoms with van der Waals surface area (Å²) in [6.45, 7) is 8.94. The Bertz CT molecular complexity index is 1110. The fourth-order valence-corrected chi connectivity index (χ4v) is 10.6. The molecule has 0 spiro atoms. The third kappa shape index (κ3) is 96.5. The van der Waals surface area contributed by atoms with Gasteiger partial charge in [0, 0.05) is 51.2 Å².